The number of hydrogen-bond donors (Lipinski definition) is 1. The van der Waals surface area contributed by atoms with Crippen molar-refractivity contribution in [3.8, 4) is 0 Å². The summed E-state index contributed by atoms with van der Waals surface area (Å²) >= 11 is 0. The first kappa shape index (κ1) is 22.0. The number of aromatic nitrogens is 3. The van der Waals surface area contributed by atoms with Gasteiger partial charge in [0.05, 0.1) is 23.5 Å². The summed E-state index contributed by atoms with van der Waals surface area (Å²) in [6, 6.07) is 7.89. The summed E-state index contributed by atoms with van der Waals surface area (Å²) in [6.07, 6.45) is 0. The lowest BCUT2D eigenvalue weighted by Crippen LogP contribution is -2.50. The molecule has 1 saturated heterocycles. The number of rotatable bonds is 4. The van der Waals surface area contributed by atoms with E-state index >= 15 is 0 Å². The van der Waals surface area contributed by atoms with Gasteiger partial charge in [-0.25, -0.2) is 4.98 Å². The SMILES string of the molecule is Cc1cccc(C)c1NC(=O)CN1CCN(C(=O)c2cc3c(C)nn(C)c3nc2C)CC1. The Kier molecular flexibility index (Phi) is 5.97. The maximum Gasteiger partial charge on any atom is 0.255 e. The first-order valence-corrected chi connectivity index (χ1v) is 10.9. The van der Waals surface area contributed by atoms with Crippen molar-refractivity contribution in [2.75, 3.05) is 38.0 Å². The molecule has 1 fully saturated rings. The van der Waals surface area contributed by atoms with E-state index in [1.165, 1.54) is 0 Å². The van der Waals surface area contributed by atoms with E-state index in [1.54, 1.807) is 4.68 Å². The first-order valence-electron chi connectivity index (χ1n) is 10.9. The van der Waals surface area contributed by atoms with E-state index in [9.17, 15) is 9.59 Å². The summed E-state index contributed by atoms with van der Waals surface area (Å²) in [6.45, 7) is 10.6. The van der Waals surface area contributed by atoms with E-state index in [-0.39, 0.29) is 11.8 Å². The molecule has 0 atom stereocenters. The zero-order chi connectivity index (χ0) is 23.0. The van der Waals surface area contributed by atoms with Gasteiger partial charge in [-0.1, -0.05) is 18.2 Å². The number of amides is 2. The summed E-state index contributed by atoms with van der Waals surface area (Å²) < 4.78 is 1.74. The average molecular weight is 435 g/mol. The van der Waals surface area contributed by atoms with Crippen LogP contribution in [0, 0.1) is 27.7 Å². The fourth-order valence-corrected chi connectivity index (χ4v) is 4.32. The molecule has 168 valence electrons. The number of nitrogens with zero attached hydrogens (tertiary/aromatic N) is 5. The van der Waals surface area contributed by atoms with Crippen LogP contribution in [0.2, 0.25) is 0 Å². The normalized spacial score (nSPS) is 14.7. The molecule has 1 aliphatic rings. The van der Waals surface area contributed by atoms with Gasteiger partial charge in [0, 0.05) is 44.3 Å². The lowest BCUT2D eigenvalue weighted by atomic mass is 10.1. The Bertz CT molecular complexity index is 1170. The van der Waals surface area contributed by atoms with Crippen molar-refractivity contribution >= 4 is 28.5 Å². The number of carbonyl (C=O) groups is 2. The van der Waals surface area contributed by atoms with Crippen LogP contribution in [0.3, 0.4) is 0 Å². The zero-order valence-corrected chi connectivity index (χ0v) is 19.4. The van der Waals surface area contributed by atoms with Gasteiger partial charge in [-0.15, -0.1) is 0 Å². The minimum absolute atomic E-state index is 0.0141. The lowest BCUT2D eigenvalue weighted by molar-refractivity contribution is -0.117. The van der Waals surface area contributed by atoms with Gasteiger partial charge in [-0.05, 0) is 44.9 Å². The number of pyridine rings is 1. The molecule has 3 heterocycles. The van der Waals surface area contributed by atoms with E-state index in [0.717, 1.165) is 33.5 Å². The number of hydrogen-bond acceptors (Lipinski definition) is 5. The molecule has 8 nitrogen and oxygen atoms in total. The smallest absolute Gasteiger partial charge is 0.255 e. The third kappa shape index (κ3) is 4.23. The summed E-state index contributed by atoms with van der Waals surface area (Å²) in [7, 11) is 1.86. The van der Waals surface area contributed by atoms with Crippen LogP contribution in [0.4, 0.5) is 5.69 Å². The van der Waals surface area contributed by atoms with E-state index in [1.807, 2.05) is 63.9 Å². The van der Waals surface area contributed by atoms with Crippen molar-refractivity contribution in [1.29, 1.82) is 0 Å². The molecule has 4 rings (SSSR count). The van der Waals surface area contributed by atoms with E-state index in [2.05, 4.69) is 20.3 Å². The summed E-state index contributed by atoms with van der Waals surface area (Å²) in [4.78, 5) is 34.3. The standard InChI is InChI=1S/C24H30N6O2/c1-15-7-6-8-16(2)22(15)26-21(31)14-29-9-11-30(12-10-29)24(32)20-13-19-18(4)27-28(5)23(19)25-17(20)3/h6-8,13H,9-12,14H2,1-5H3,(H,26,31). The van der Waals surface area contributed by atoms with E-state index < -0.39 is 0 Å². The number of para-hydroxylation sites is 1. The number of nitrogens with one attached hydrogen (secondary N) is 1. The van der Waals surface area contributed by atoms with Crippen LogP contribution in [-0.4, -0.2) is 69.1 Å². The van der Waals surface area contributed by atoms with Crippen molar-refractivity contribution in [3.63, 3.8) is 0 Å². The van der Waals surface area contributed by atoms with Crippen molar-refractivity contribution in [3.05, 3.63) is 52.3 Å². The number of anilines is 1. The van der Waals surface area contributed by atoms with Crippen LogP contribution < -0.4 is 5.32 Å². The highest BCUT2D eigenvalue weighted by Crippen LogP contribution is 2.22. The highest BCUT2D eigenvalue weighted by molar-refractivity contribution is 5.99. The highest BCUT2D eigenvalue weighted by Gasteiger charge is 2.25. The minimum atomic E-state index is -0.0280. The Morgan fingerprint density at radius 3 is 2.31 bits per heavy atom. The fourth-order valence-electron chi connectivity index (χ4n) is 4.32. The second kappa shape index (κ2) is 8.70. The summed E-state index contributed by atoms with van der Waals surface area (Å²) in [5.41, 5.74) is 5.98. The van der Waals surface area contributed by atoms with Gasteiger partial charge < -0.3 is 10.2 Å². The monoisotopic (exact) mass is 434 g/mol. The van der Waals surface area contributed by atoms with Crippen molar-refractivity contribution < 1.29 is 9.59 Å². The molecule has 0 spiro atoms. The van der Waals surface area contributed by atoms with Crippen molar-refractivity contribution in [2.45, 2.75) is 27.7 Å². The van der Waals surface area contributed by atoms with Gasteiger partial charge in [0.1, 0.15) is 0 Å². The summed E-state index contributed by atoms with van der Waals surface area (Å²) in [5.74, 6) is -0.0421. The van der Waals surface area contributed by atoms with Gasteiger partial charge in [0.15, 0.2) is 5.65 Å². The molecule has 1 aromatic carbocycles. The second-order valence-corrected chi connectivity index (χ2v) is 8.58. The number of aryl methyl sites for hydroxylation is 5. The van der Waals surface area contributed by atoms with E-state index in [0.29, 0.717) is 44.0 Å². The van der Waals surface area contributed by atoms with Gasteiger partial charge >= 0.3 is 0 Å². The number of carbonyl (C=O) groups excluding carboxylic acids is 2. The van der Waals surface area contributed by atoms with Gasteiger partial charge in [-0.2, -0.15) is 5.10 Å². The molecule has 0 aliphatic carbocycles. The van der Waals surface area contributed by atoms with Crippen LogP contribution in [0.25, 0.3) is 11.0 Å². The summed E-state index contributed by atoms with van der Waals surface area (Å²) in [5, 5.41) is 8.35. The number of piperazine rings is 1. The van der Waals surface area contributed by atoms with Gasteiger partial charge in [0.25, 0.3) is 5.91 Å². The van der Waals surface area contributed by atoms with Gasteiger partial charge in [0.2, 0.25) is 5.91 Å². The fraction of sp³-hybridized carbons (Fsp3) is 0.417. The van der Waals surface area contributed by atoms with E-state index in [4.69, 9.17) is 0 Å². The minimum Gasteiger partial charge on any atom is -0.336 e. The largest absolute Gasteiger partial charge is 0.336 e. The quantitative estimate of drug-likeness (QED) is 0.683. The molecule has 1 aliphatic heterocycles. The molecule has 2 amide bonds. The van der Waals surface area contributed by atoms with Crippen LogP contribution >= 0.6 is 0 Å². The lowest BCUT2D eigenvalue weighted by Gasteiger charge is -2.34. The maximum atomic E-state index is 13.2. The number of benzene rings is 1. The topological polar surface area (TPSA) is 83.4 Å². The Morgan fingerprint density at radius 1 is 1.00 bits per heavy atom. The third-order valence-corrected chi connectivity index (χ3v) is 6.19. The molecule has 2 aromatic heterocycles. The van der Waals surface area contributed by atoms with Crippen LogP contribution in [0.1, 0.15) is 32.9 Å². The Hall–Kier alpha value is -3.26. The molecule has 0 saturated carbocycles. The molecule has 0 bridgehead atoms. The molecule has 0 radical (unpaired) electrons. The maximum absolute atomic E-state index is 13.2. The molecular formula is C24H30N6O2. The Morgan fingerprint density at radius 2 is 1.66 bits per heavy atom. The zero-order valence-electron chi connectivity index (χ0n) is 19.4. The van der Waals surface area contributed by atoms with Crippen LogP contribution in [0.5, 0.6) is 0 Å². The molecule has 3 aromatic rings. The molecule has 1 N–H and O–H groups in total. The molecule has 8 heteroatoms. The Labute approximate surface area is 188 Å². The highest BCUT2D eigenvalue weighted by atomic mass is 16.2. The first-order chi connectivity index (χ1) is 15.2. The molecular weight excluding hydrogens is 404 g/mol. The van der Waals surface area contributed by atoms with Crippen molar-refractivity contribution in [1.82, 2.24) is 24.6 Å². The second-order valence-electron chi connectivity index (χ2n) is 8.58. The third-order valence-electron chi connectivity index (χ3n) is 6.19. The van der Waals surface area contributed by atoms with Crippen LogP contribution in [-0.2, 0) is 11.8 Å². The molecule has 0 unspecified atom stereocenters. The Balaban J connectivity index is 1.38. The average Bonchev–Trinajstić information content (AvgIpc) is 3.03. The van der Waals surface area contributed by atoms with Crippen LogP contribution in [0.15, 0.2) is 24.3 Å². The predicted octanol–water partition coefficient (Wildman–Crippen LogP) is 2.60. The molecule has 32 heavy (non-hydrogen) atoms. The van der Waals surface area contributed by atoms with Gasteiger partial charge in [-0.3, -0.25) is 19.2 Å². The van der Waals surface area contributed by atoms with Crippen molar-refractivity contribution in [2.24, 2.45) is 7.05 Å². The number of fused-ring (bicyclic) bond motifs is 1. The predicted molar refractivity (Wildman–Crippen MR) is 125 cm³/mol.